The van der Waals surface area contributed by atoms with E-state index in [0.717, 1.165) is 85.2 Å². The van der Waals surface area contributed by atoms with Gasteiger partial charge in [0.1, 0.15) is 6.04 Å². The lowest BCUT2D eigenvalue weighted by atomic mass is 9.83. The number of hydrogen-bond donors (Lipinski definition) is 5. The van der Waals surface area contributed by atoms with Crippen LogP contribution in [-0.2, 0) is 11.3 Å². The van der Waals surface area contributed by atoms with Gasteiger partial charge in [0.05, 0.1) is 11.3 Å². The third-order valence-electron chi connectivity index (χ3n) is 9.50. The predicted molar refractivity (Wildman–Crippen MR) is 185 cm³/mol. The molecule has 2 aliphatic rings. The van der Waals surface area contributed by atoms with Gasteiger partial charge >= 0.3 is 5.97 Å². The van der Waals surface area contributed by atoms with E-state index >= 15 is 0 Å². The van der Waals surface area contributed by atoms with Gasteiger partial charge in [-0.05, 0) is 105 Å². The van der Waals surface area contributed by atoms with Crippen molar-refractivity contribution in [3.05, 3.63) is 82.4 Å². The first kappa shape index (κ1) is 33.5. The molecular weight excluding hydrogens is 576 g/mol. The van der Waals surface area contributed by atoms with Crippen LogP contribution in [0.15, 0.2) is 54.6 Å². The lowest BCUT2D eigenvalue weighted by Crippen LogP contribution is -2.47. The largest absolute Gasteiger partial charge is 0.480 e. The number of aliphatic hydroxyl groups is 1. The first-order chi connectivity index (χ1) is 22.0. The Kier molecular flexibility index (Phi) is 10.7. The van der Waals surface area contributed by atoms with Crippen LogP contribution in [0.1, 0.15) is 90.9 Å². The summed E-state index contributed by atoms with van der Waals surface area (Å²) in [6, 6.07) is 17.1. The van der Waals surface area contributed by atoms with Gasteiger partial charge in [0, 0.05) is 19.2 Å². The van der Waals surface area contributed by atoms with Crippen molar-refractivity contribution in [1.29, 1.82) is 0 Å². The molecule has 1 saturated carbocycles. The summed E-state index contributed by atoms with van der Waals surface area (Å²) in [6.45, 7) is 10.8. The summed E-state index contributed by atoms with van der Waals surface area (Å²) in [4.78, 5) is 28.6. The van der Waals surface area contributed by atoms with Crippen LogP contribution in [0.25, 0.3) is 11.1 Å². The van der Waals surface area contributed by atoms with E-state index < -0.39 is 23.8 Å². The van der Waals surface area contributed by atoms with Gasteiger partial charge in [-0.15, -0.1) is 0 Å². The lowest BCUT2D eigenvalue weighted by molar-refractivity contribution is -0.141. The molecule has 1 saturated heterocycles. The number of amides is 1. The molecule has 2 atom stereocenters. The summed E-state index contributed by atoms with van der Waals surface area (Å²) < 4.78 is 0. The number of hydrogen-bond acceptors (Lipinski definition) is 6. The van der Waals surface area contributed by atoms with Crippen molar-refractivity contribution in [2.45, 2.75) is 97.5 Å². The quantitative estimate of drug-likeness (QED) is 0.143. The van der Waals surface area contributed by atoms with Crippen LogP contribution in [0.2, 0.25) is 0 Å². The third kappa shape index (κ3) is 8.47. The Morgan fingerprint density at radius 2 is 1.46 bits per heavy atom. The smallest absolute Gasteiger partial charge is 0.326 e. The maximum Gasteiger partial charge on any atom is 0.326 e. The Morgan fingerprint density at radius 3 is 2.09 bits per heavy atom. The van der Waals surface area contributed by atoms with Crippen LogP contribution in [0.4, 0.5) is 11.4 Å². The minimum atomic E-state index is -1.63. The molecule has 246 valence electrons. The average molecular weight is 627 g/mol. The molecule has 0 radical (unpaired) electrons. The van der Waals surface area contributed by atoms with Crippen molar-refractivity contribution < 1.29 is 19.8 Å². The van der Waals surface area contributed by atoms with Crippen LogP contribution in [0, 0.1) is 26.7 Å². The second-order valence-corrected chi connectivity index (χ2v) is 13.6. The molecule has 1 heterocycles. The Hall–Kier alpha value is -3.88. The third-order valence-corrected chi connectivity index (χ3v) is 9.50. The molecule has 2 fully saturated rings. The molecule has 5 N–H and O–H groups in total. The van der Waals surface area contributed by atoms with Gasteiger partial charge in [0.15, 0.2) is 0 Å². The topological polar surface area (TPSA) is 114 Å². The van der Waals surface area contributed by atoms with Crippen molar-refractivity contribution >= 4 is 23.3 Å². The summed E-state index contributed by atoms with van der Waals surface area (Å²) in [5.41, 5.74) is 7.72. The van der Waals surface area contributed by atoms with Gasteiger partial charge in [0.2, 0.25) is 5.85 Å². The van der Waals surface area contributed by atoms with E-state index in [1.165, 1.54) is 24.8 Å². The van der Waals surface area contributed by atoms with Gasteiger partial charge < -0.3 is 26.2 Å². The lowest BCUT2D eigenvalue weighted by Gasteiger charge is -2.31. The van der Waals surface area contributed by atoms with E-state index in [1.54, 1.807) is 13.0 Å². The molecule has 8 nitrogen and oxygen atoms in total. The van der Waals surface area contributed by atoms with Gasteiger partial charge in [-0.2, -0.15) is 0 Å². The first-order valence-corrected chi connectivity index (χ1v) is 16.8. The molecule has 3 aromatic rings. The second kappa shape index (κ2) is 14.7. The van der Waals surface area contributed by atoms with Crippen LogP contribution in [0.3, 0.4) is 0 Å². The summed E-state index contributed by atoms with van der Waals surface area (Å²) in [5.74, 6) is -3.24. The SMILES string of the molecule is Cc1cc(C)c(NC(C)(O)Nc2cc(-c3ccc(CN4CCCCC4)cc3)ccc2C(=O)N[C@H](C(=O)O)C2CCCCC2)c(C)c1. The number of carboxylic acids is 1. The number of rotatable bonds is 11. The molecule has 1 aliphatic carbocycles. The number of aryl methyl sites for hydroxylation is 3. The van der Waals surface area contributed by atoms with Crippen molar-refractivity contribution in [3.8, 4) is 11.1 Å². The van der Waals surface area contributed by atoms with Crippen molar-refractivity contribution in [1.82, 2.24) is 10.2 Å². The fourth-order valence-electron chi connectivity index (χ4n) is 7.19. The molecule has 0 bridgehead atoms. The number of anilines is 2. The van der Waals surface area contributed by atoms with Crippen LogP contribution in [-0.4, -0.2) is 52.0 Å². The first-order valence-electron chi connectivity index (χ1n) is 16.8. The fourth-order valence-corrected chi connectivity index (χ4v) is 7.19. The van der Waals surface area contributed by atoms with E-state index in [-0.39, 0.29) is 11.5 Å². The van der Waals surface area contributed by atoms with Crippen molar-refractivity contribution in [2.24, 2.45) is 5.92 Å². The Bertz CT molecular complexity index is 1500. The highest BCUT2D eigenvalue weighted by Crippen LogP contribution is 2.32. The molecule has 0 aromatic heterocycles. The molecule has 46 heavy (non-hydrogen) atoms. The number of carbonyl (C=O) groups excluding carboxylic acids is 1. The molecule has 1 amide bonds. The van der Waals surface area contributed by atoms with E-state index in [0.29, 0.717) is 5.69 Å². The summed E-state index contributed by atoms with van der Waals surface area (Å²) >= 11 is 0. The molecule has 1 aliphatic heterocycles. The van der Waals surface area contributed by atoms with E-state index in [9.17, 15) is 19.8 Å². The zero-order valence-corrected chi connectivity index (χ0v) is 27.8. The number of benzene rings is 3. The number of carbonyl (C=O) groups is 2. The van der Waals surface area contributed by atoms with Crippen molar-refractivity contribution in [2.75, 3.05) is 23.7 Å². The Balaban J connectivity index is 1.43. The molecule has 0 spiro atoms. The van der Waals surface area contributed by atoms with Crippen LogP contribution in [0.5, 0.6) is 0 Å². The minimum absolute atomic E-state index is 0.105. The van der Waals surface area contributed by atoms with Gasteiger partial charge in [-0.1, -0.05) is 73.7 Å². The molecule has 5 rings (SSSR count). The van der Waals surface area contributed by atoms with Gasteiger partial charge in [0.25, 0.3) is 5.91 Å². The highest BCUT2D eigenvalue weighted by Gasteiger charge is 2.32. The highest BCUT2D eigenvalue weighted by molar-refractivity contribution is 6.02. The highest BCUT2D eigenvalue weighted by atomic mass is 16.4. The predicted octanol–water partition coefficient (Wildman–Crippen LogP) is 7.22. The molecule has 8 heteroatoms. The number of nitrogens with zero attached hydrogens (tertiary/aromatic N) is 1. The monoisotopic (exact) mass is 626 g/mol. The van der Waals surface area contributed by atoms with Gasteiger partial charge in [-0.25, -0.2) is 4.79 Å². The zero-order valence-electron chi connectivity index (χ0n) is 27.8. The van der Waals surface area contributed by atoms with E-state index in [4.69, 9.17) is 0 Å². The fraction of sp³-hybridized carbons (Fsp3) is 0.474. The van der Waals surface area contributed by atoms with E-state index in [1.807, 2.05) is 32.9 Å². The molecule has 1 unspecified atom stereocenters. The second-order valence-electron chi connectivity index (χ2n) is 13.6. The van der Waals surface area contributed by atoms with E-state index in [2.05, 4.69) is 57.2 Å². The summed E-state index contributed by atoms with van der Waals surface area (Å²) in [6.07, 6.45) is 8.40. The minimum Gasteiger partial charge on any atom is -0.480 e. The maximum atomic E-state index is 13.8. The summed E-state index contributed by atoms with van der Waals surface area (Å²) in [5, 5.41) is 30.9. The Morgan fingerprint density at radius 1 is 0.848 bits per heavy atom. The Labute approximate surface area is 273 Å². The number of piperidine rings is 1. The molecule has 3 aromatic carbocycles. The van der Waals surface area contributed by atoms with Crippen LogP contribution >= 0.6 is 0 Å². The number of aliphatic carboxylic acids is 1. The zero-order chi connectivity index (χ0) is 32.8. The average Bonchev–Trinajstić information content (AvgIpc) is 3.02. The van der Waals surface area contributed by atoms with Crippen LogP contribution < -0.4 is 16.0 Å². The van der Waals surface area contributed by atoms with Gasteiger partial charge in [-0.3, -0.25) is 9.69 Å². The number of carboxylic acid groups (broad SMARTS) is 1. The normalized spacial score (nSPS) is 17.9. The summed E-state index contributed by atoms with van der Waals surface area (Å²) in [7, 11) is 0. The number of likely N-dealkylation sites (tertiary alicyclic amines) is 1. The number of nitrogens with one attached hydrogen (secondary N) is 3. The maximum absolute atomic E-state index is 13.8. The molecular formula is C38H50N4O4. The standard InChI is InChI=1S/C38H50N4O4/c1-25-21-26(2)34(27(3)22-25)41-38(4,46)40-33-23-31(29-15-13-28(14-16-29)24-42-19-9-6-10-20-42)17-18-32(33)36(43)39-35(37(44)45)30-11-7-5-8-12-30/h13-18,21-23,30,35,40-41,46H,5-12,19-20,24H2,1-4H3,(H,39,43)(H,44,45)/t35-,38?/m0/s1. The van der Waals surface area contributed by atoms with Crippen molar-refractivity contribution in [3.63, 3.8) is 0 Å².